The molecular weight excluding hydrogens is 389 g/mol. The van der Waals surface area contributed by atoms with Crippen LogP contribution in [0.15, 0.2) is 53.4 Å². The van der Waals surface area contributed by atoms with Gasteiger partial charge in [-0.3, -0.25) is 14.9 Å². The number of piperazine rings is 1. The third kappa shape index (κ3) is 4.18. The third-order valence-corrected chi connectivity index (χ3v) is 6.46. The number of para-hydroxylation sites is 1. The Morgan fingerprint density at radius 2 is 1.75 bits per heavy atom. The molecule has 2 aromatic rings. The summed E-state index contributed by atoms with van der Waals surface area (Å²) in [6.07, 6.45) is 0.0225. The van der Waals surface area contributed by atoms with Crippen LogP contribution in [0.2, 0.25) is 0 Å². The van der Waals surface area contributed by atoms with Crippen molar-refractivity contribution in [3.8, 4) is 0 Å². The highest BCUT2D eigenvalue weighted by Gasteiger charge is 2.34. The van der Waals surface area contributed by atoms with Crippen molar-refractivity contribution < 1.29 is 22.5 Å². The number of rotatable bonds is 5. The lowest BCUT2D eigenvalue weighted by molar-refractivity contribution is -0.387. The van der Waals surface area contributed by atoms with Crippen LogP contribution in [0.25, 0.3) is 0 Å². The van der Waals surface area contributed by atoms with Crippen LogP contribution in [0.5, 0.6) is 0 Å². The molecule has 8 nitrogen and oxygen atoms in total. The van der Waals surface area contributed by atoms with Gasteiger partial charge in [0.15, 0.2) is 4.90 Å². The van der Waals surface area contributed by atoms with E-state index in [1.807, 2.05) is 0 Å². The van der Waals surface area contributed by atoms with Crippen molar-refractivity contribution in [1.29, 1.82) is 0 Å². The normalized spacial score (nSPS) is 15.4. The van der Waals surface area contributed by atoms with E-state index in [1.54, 1.807) is 6.07 Å². The zero-order chi connectivity index (χ0) is 20.3. The highest BCUT2D eigenvalue weighted by molar-refractivity contribution is 7.89. The van der Waals surface area contributed by atoms with Crippen LogP contribution in [-0.4, -0.2) is 54.6 Å². The smallest absolute Gasteiger partial charge is 0.289 e. The van der Waals surface area contributed by atoms with Gasteiger partial charge in [-0.05, 0) is 23.8 Å². The summed E-state index contributed by atoms with van der Waals surface area (Å²) in [5.74, 6) is -0.654. The molecule has 0 spiro atoms. The number of hydrogen-bond acceptors (Lipinski definition) is 5. The molecule has 1 aliphatic heterocycles. The number of sulfonamides is 1. The Hall–Kier alpha value is -2.85. The fourth-order valence-electron chi connectivity index (χ4n) is 3.08. The van der Waals surface area contributed by atoms with Crippen LogP contribution >= 0.6 is 0 Å². The summed E-state index contributed by atoms with van der Waals surface area (Å²) >= 11 is 0. The van der Waals surface area contributed by atoms with Crippen LogP contribution in [0.1, 0.15) is 5.56 Å². The van der Waals surface area contributed by atoms with Crippen molar-refractivity contribution in [3.63, 3.8) is 0 Å². The lowest BCUT2D eigenvalue weighted by Gasteiger charge is -2.34. The van der Waals surface area contributed by atoms with Gasteiger partial charge in [0, 0.05) is 32.2 Å². The molecule has 1 aliphatic rings. The quantitative estimate of drug-likeness (QED) is 0.556. The Morgan fingerprint density at radius 3 is 2.39 bits per heavy atom. The minimum atomic E-state index is -4.05. The van der Waals surface area contributed by atoms with Crippen LogP contribution in [-0.2, 0) is 21.2 Å². The van der Waals surface area contributed by atoms with Crippen molar-refractivity contribution in [2.24, 2.45) is 0 Å². The maximum atomic E-state index is 13.2. The molecule has 1 saturated heterocycles. The molecule has 10 heteroatoms. The molecule has 28 heavy (non-hydrogen) atoms. The Balaban J connectivity index is 1.68. The summed E-state index contributed by atoms with van der Waals surface area (Å²) in [5.41, 5.74) is 0.0621. The van der Waals surface area contributed by atoms with Gasteiger partial charge >= 0.3 is 0 Å². The minimum absolute atomic E-state index is 0.0225. The van der Waals surface area contributed by atoms with E-state index in [0.29, 0.717) is 5.56 Å². The Morgan fingerprint density at radius 1 is 1.07 bits per heavy atom. The molecule has 0 atom stereocenters. The second kappa shape index (κ2) is 8.03. The summed E-state index contributed by atoms with van der Waals surface area (Å²) in [5, 5.41) is 11.1. The molecule has 0 N–H and O–H groups in total. The fraction of sp³-hybridized carbons (Fsp3) is 0.278. The van der Waals surface area contributed by atoms with Gasteiger partial charge in [0.05, 0.1) is 11.3 Å². The number of nitrogens with zero attached hydrogens (tertiary/aromatic N) is 3. The van der Waals surface area contributed by atoms with E-state index in [2.05, 4.69) is 0 Å². The molecular formula is C18H18FN3O5S. The van der Waals surface area contributed by atoms with Gasteiger partial charge in [-0.1, -0.05) is 24.3 Å². The van der Waals surface area contributed by atoms with Gasteiger partial charge in [0.1, 0.15) is 5.82 Å². The minimum Gasteiger partial charge on any atom is -0.340 e. The molecule has 1 heterocycles. The van der Waals surface area contributed by atoms with Gasteiger partial charge in [-0.2, -0.15) is 4.31 Å². The molecule has 2 aromatic carbocycles. The van der Waals surface area contributed by atoms with Gasteiger partial charge in [0.2, 0.25) is 15.9 Å². The molecule has 0 unspecified atom stereocenters. The van der Waals surface area contributed by atoms with E-state index >= 15 is 0 Å². The van der Waals surface area contributed by atoms with Crippen molar-refractivity contribution in [2.45, 2.75) is 11.3 Å². The van der Waals surface area contributed by atoms with Gasteiger partial charge < -0.3 is 4.90 Å². The summed E-state index contributed by atoms with van der Waals surface area (Å²) < 4.78 is 40.0. The van der Waals surface area contributed by atoms with Crippen LogP contribution in [0.3, 0.4) is 0 Å². The van der Waals surface area contributed by atoms with Crippen molar-refractivity contribution in [2.75, 3.05) is 26.2 Å². The molecule has 1 fully saturated rings. The van der Waals surface area contributed by atoms with E-state index < -0.39 is 26.5 Å². The summed E-state index contributed by atoms with van der Waals surface area (Å²) in [4.78, 5) is 23.9. The molecule has 0 radical (unpaired) electrons. The summed E-state index contributed by atoms with van der Waals surface area (Å²) in [6, 6.07) is 10.9. The first-order valence-electron chi connectivity index (χ1n) is 8.55. The van der Waals surface area contributed by atoms with Crippen molar-refractivity contribution >= 4 is 21.6 Å². The van der Waals surface area contributed by atoms with E-state index in [1.165, 1.54) is 41.3 Å². The molecule has 0 bridgehead atoms. The van der Waals surface area contributed by atoms with E-state index in [9.17, 15) is 27.7 Å². The van der Waals surface area contributed by atoms with E-state index in [-0.39, 0.29) is 43.4 Å². The van der Waals surface area contributed by atoms with Crippen LogP contribution in [0, 0.1) is 15.9 Å². The largest absolute Gasteiger partial charge is 0.340 e. The van der Waals surface area contributed by atoms with E-state index in [4.69, 9.17) is 0 Å². The van der Waals surface area contributed by atoms with Gasteiger partial charge in [-0.25, -0.2) is 12.8 Å². The summed E-state index contributed by atoms with van der Waals surface area (Å²) in [6.45, 7) is 0.383. The second-order valence-corrected chi connectivity index (χ2v) is 8.22. The Bertz CT molecular complexity index is 1000. The summed E-state index contributed by atoms with van der Waals surface area (Å²) in [7, 11) is -4.05. The first kappa shape index (κ1) is 19.9. The zero-order valence-corrected chi connectivity index (χ0v) is 15.6. The number of halogens is 1. The number of nitro benzene ring substituents is 1. The molecule has 3 rings (SSSR count). The second-order valence-electron chi connectivity index (χ2n) is 6.32. The number of carbonyl (C=O) groups is 1. The maximum absolute atomic E-state index is 13.2. The Labute approximate surface area is 161 Å². The van der Waals surface area contributed by atoms with Crippen LogP contribution in [0.4, 0.5) is 10.1 Å². The molecule has 1 amide bonds. The first-order valence-corrected chi connectivity index (χ1v) is 9.99. The average molecular weight is 407 g/mol. The predicted octanol–water partition coefficient (Wildman–Crippen LogP) is 1.81. The first-order chi connectivity index (χ1) is 13.3. The van der Waals surface area contributed by atoms with Crippen molar-refractivity contribution in [3.05, 3.63) is 70.0 Å². The standard InChI is InChI=1S/C18H18FN3O5S/c19-15-5-3-4-14(12-15)13-18(23)20-8-10-21(11-9-20)28(26,27)17-7-2-1-6-16(17)22(24)25/h1-7,12H,8-11,13H2. The predicted molar refractivity (Wildman–Crippen MR) is 98.5 cm³/mol. The zero-order valence-electron chi connectivity index (χ0n) is 14.8. The SMILES string of the molecule is O=C(Cc1cccc(F)c1)N1CCN(S(=O)(=O)c2ccccc2[N+](=O)[O-])CC1. The maximum Gasteiger partial charge on any atom is 0.289 e. The average Bonchev–Trinajstić information content (AvgIpc) is 2.68. The Kier molecular flexibility index (Phi) is 5.71. The van der Waals surface area contributed by atoms with Crippen LogP contribution < -0.4 is 0 Å². The number of nitro groups is 1. The molecule has 148 valence electrons. The molecule has 0 aromatic heterocycles. The number of hydrogen-bond donors (Lipinski definition) is 0. The van der Waals surface area contributed by atoms with Gasteiger partial charge in [0.25, 0.3) is 5.69 Å². The van der Waals surface area contributed by atoms with E-state index in [0.717, 1.165) is 10.4 Å². The lowest BCUT2D eigenvalue weighted by Crippen LogP contribution is -2.50. The third-order valence-electron chi connectivity index (χ3n) is 4.52. The fourth-order valence-corrected chi connectivity index (χ4v) is 4.66. The lowest BCUT2D eigenvalue weighted by atomic mass is 10.1. The monoisotopic (exact) mass is 407 g/mol. The highest BCUT2D eigenvalue weighted by Crippen LogP contribution is 2.27. The highest BCUT2D eigenvalue weighted by atomic mass is 32.2. The van der Waals surface area contributed by atoms with Gasteiger partial charge in [-0.15, -0.1) is 0 Å². The number of amides is 1. The topological polar surface area (TPSA) is 101 Å². The molecule has 0 aliphatic carbocycles. The number of carbonyl (C=O) groups excluding carboxylic acids is 1. The van der Waals surface area contributed by atoms with Crippen molar-refractivity contribution in [1.82, 2.24) is 9.21 Å². The number of benzene rings is 2. The molecule has 0 saturated carbocycles.